The molecule has 2 aromatic rings. The van der Waals surface area contributed by atoms with Gasteiger partial charge >= 0.3 is 0 Å². The molecule has 8 nitrogen and oxygen atoms in total. The molecular weight excluding hydrogens is 484 g/mol. The first kappa shape index (κ1) is 25.7. The molecule has 3 atom stereocenters. The second-order valence-corrected chi connectivity index (χ2v) is 12.6. The van der Waals surface area contributed by atoms with Crippen LogP contribution >= 0.6 is 11.6 Å². The van der Waals surface area contributed by atoms with Gasteiger partial charge in [-0.3, -0.25) is 4.21 Å². The predicted molar refractivity (Wildman–Crippen MR) is 142 cm³/mol. The number of aliphatic hydroxyl groups is 1. The molecule has 0 saturated carbocycles. The number of nitrogens with zero attached hydrogens (tertiary/aromatic N) is 5. The average molecular weight is 517 g/mol. The Balaban J connectivity index is 1.44. The minimum Gasteiger partial charge on any atom is -0.395 e. The molecule has 2 aliphatic heterocycles. The third kappa shape index (κ3) is 5.89. The van der Waals surface area contributed by atoms with Crippen LogP contribution in [0.1, 0.15) is 37.1 Å². The lowest BCUT2D eigenvalue weighted by Gasteiger charge is -2.47. The third-order valence-electron chi connectivity index (χ3n) is 7.01. The molecule has 0 radical (unpaired) electrons. The van der Waals surface area contributed by atoms with Crippen LogP contribution in [0.3, 0.4) is 0 Å². The lowest BCUT2D eigenvalue weighted by molar-refractivity contribution is 0.101. The molecule has 1 aromatic carbocycles. The first-order valence-electron chi connectivity index (χ1n) is 11.9. The van der Waals surface area contributed by atoms with Gasteiger partial charge in [0.05, 0.1) is 18.8 Å². The van der Waals surface area contributed by atoms with Crippen molar-refractivity contribution in [3.63, 3.8) is 0 Å². The summed E-state index contributed by atoms with van der Waals surface area (Å²) in [5, 5.41) is 22.6. The number of anilines is 2. The molecule has 0 amide bonds. The zero-order valence-corrected chi connectivity index (χ0v) is 21.9. The number of aromatic nitrogens is 2. The maximum atomic E-state index is 12.2. The van der Waals surface area contributed by atoms with Crippen LogP contribution in [0.25, 0.3) is 0 Å². The molecule has 1 aromatic heterocycles. The fourth-order valence-electron chi connectivity index (χ4n) is 4.94. The van der Waals surface area contributed by atoms with Crippen molar-refractivity contribution in [2.24, 2.45) is 11.8 Å². The molecule has 2 saturated heterocycles. The Morgan fingerprint density at radius 3 is 2.80 bits per heavy atom. The van der Waals surface area contributed by atoms with Crippen molar-refractivity contribution in [3.8, 4) is 6.07 Å². The molecule has 0 aliphatic carbocycles. The van der Waals surface area contributed by atoms with Gasteiger partial charge < -0.3 is 20.2 Å². The number of likely N-dealkylation sites (tertiary alicyclic amines) is 1. The summed E-state index contributed by atoms with van der Waals surface area (Å²) in [4.78, 5) is 14.2. The molecular formula is C25H33ClN6O2S. The van der Waals surface area contributed by atoms with Crippen molar-refractivity contribution in [1.29, 1.82) is 5.26 Å². The third-order valence-corrected chi connectivity index (χ3v) is 8.59. The van der Waals surface area contributed by atoms with E-state index in [0.717, 1.165) is 44.1 Å². The molecule has 2 N–H and O–H groups in total. The lowest BCUT2D eigenvalue weighted by Crippen LogP contribution is -2.54. The Kier molecular flexibility index (Phi) is 7.86. The van der Waals surface area contributed by atoms with Gasteiger partial charge in [0.15, 0.2) is 11.5 Å². The number of hydrogen-bond donors (Lipinski definition) is 2. The van der Waals surface area contributed by atoms with Gasteiger partial charge in [-0.05, 0) is 71.2 Å². The Bertz CT molecular complexity index is 1210. The summed E-state index contributed by atoms with van der Waals surface area (Å²) in [7, 11) is -2.36. The highest BCUT2D eigenvalue weighted by molar-refractivity contribution is 7.99. The number of nitrogens with one attached hydrogen (secondary N) is 1. The maximum Gasteiger partial charge on any atom is 0.183 e. The number of piperidine rings is 1. The van der Waals surface area contributed by atoms with Crippen LogP contribution in [0.5, 0.6) is 0 Å². The normalized spacial score (nSPS) is 21.6. The van der Waals surface area contributed by atoms with Crippen molar-refractivity contribution < 1.29 is 9.32 Å². The van der Waals surface area contributed by atoms with Crippen LogP contribution in [0, 0.1) is 23.2 Å². The molecule has 35 heavy (non-hydrogen) atoms. The van der Waals surface area contributed by atoms with E-state index in [1.165, 1.54) is 12.8 Å². The first-order valence-corrected chi connectivity index (χ1v) is 14.4. The van der Waals surface area contributed by atoms with E-state index in [4.69, 9.17) is 16.6 Å². The van der Waals surface area contributed by atoms with Crippen LogP contribution in [-0.2, 0) is 9.52 Å². The van der Waals surface area contributed by atoms with Crippen molar-refractivity contribution in [1.82, 2.24) is 14.9 Å². The lowest BCUT2D eigenvalue weighted by atomic mass is 9.80. The first-order chi connectivity index (χ1) is 16.7. The molecule has 0 bridgehead atoms. The zero-order valence-electron chi connectivity index (χ0n) is 20.3. The van der Waals surface area contributed by atoms with E-state index in [1.54, 1.807) is 24.6 Å². The van der Waals surface area contributed by atoms with E-state index in [0.29, 0.717) is 27.6 Å². The molecule has 3 heterocycles. The summed E-state index contributed by atoms with van der Waals surface area (Å²) < 4.78 is 12.2. The number of rotatable bonds is 8. The fraction of sp³-hybridized carbons (Fsp3) is 0.520. The zero-order chi connectivity index (χ0) is 25.2. The van der Waals surface area contributed by atoms with Gasteiger partial charge in [-0.2, -0.15) is 5.26 Å². The average Bonchev–Trinajstić information content (AvgIpc) is 2.78. The summed E-state index contributed by atoms with van der Waals surface area (Å²) in [5.41, 5.74) is 1.04. The van der Waals surface area contributed by atoms with Crippen LogP contribution in [-0.4, -0.2) is 75.6 Å². The van der Waals surface area contributed by atoms with Gasteiger partial charge in [-0.15, -0.1) is 0 Å². The number of halogens is 1. The van der Waals surface area contributed by atoms with Gasteiger partial charge in [-0.1, -0.05) is 17.7 Å². The fourth-order valence-corrected chi connectivity index (χ4v) is 6.08. The summed E-state index contributed by atoms with van der Waals surface area (Å²) in [5.74, 6) is 6.12. The van der Waals surface area contributed by atoms with E-state index < -0.39 is 9.52 Å². The molecule has 10 heteroatoms. The number of benzene rings is 1. The van der Waals surface area contributed by atoms with Crippen molar-refractivity contribution in [3.05, 3.63) is 40.7 Å². The molecule has 2 aliphatic rings. The molecule has 1 unspecified atom stereocenters. The van der Waals surface area contributed by atoms with E-state index >= 15 is 0 Å². The smallest absolute Gasteiger partial charge is 0.183 e. The van der Waals surface area contributed by atoms with Gasteiger partial charge in [0, 0.05) is 42.4 Å². The van der Waals surface area contributed by atoms with Crippen LogP contribution in [0.2, 0.25) is 5.02 Å². The van der Waals surface area contributed by atoms with Crippen LogP contribution in [0.15, 0.2) is 29.3 Å². The minimum absolute atomic E-state index is 0.211. The standard InChI is InChI=1S/C25H33ClN6O2S/c1-17(21-7-6-20(11-22(21)26)35(2,3)34)29-25-23(12-27)28-13-24(30-25)32-15-19(16-32)18-5-4-8-31(14-18)9-10-33/h6-7,11,13,17-19,33H,2,4-5,8-10,14-16H2,1,3H3,(H,29,30)/t17-,18+,35?/m1/s1. The number of β-amino-alcohol motifs (C(OH)–C–C–N with tert-alkyl or cyclic N) is 1. The SMILES string of the molecule is C=S(C)(=O)c1ccc([C@@H](C)Nc2nc(N3CC([C@H]4CCCN(CCO)C4)C3)cnc2C#N)c(Cl)c1. The number of hydrogen-bond acceptors (Lipinski definition) is 8. The molecule has 4 rings (SSSR count). The quantitative estimate of drug-likeness (QED) is 0.516. The Morgan fingerprint density at radius 1 is 1.37 bits per heavy atom. The van der Waals surface area contributed by atoms with Crippen LogP contribution in [0.4, 0.5) is 11.6 Å². The maximum absolute atomic E-state index is 12.2. The van der Waals surface area contributed by atoms with Gasteiger partial charge in [0.2, 0.25) is 0 Å². The van der Waals surface area contributed by atoms with Gasteiger partial charge in [0.1, 0.15) is 11.9 Å². The minimum atomic E-state index is -2.36. The van der Waals surface area contributed by atoms with Crippen LogP contribution < -0.4 is 10.2 Å². The molecule has 188 valence electrons. The van der Waals surface area contributed by atoms with Crippen molar-refractivity contribution in [2.45, 2.75) is 30.7 Å². The largest absolute Gasteiger partial charge is 0.395 e. The van der Waals surface area contributed by atoms with Gasteiger partial charge in [-0.25, -0.2) is 9.97 Å². The highest BCUT2D eigenvalue weighted by Gasteiger charge is 2.36. The molecule has 2 fully saturated rings. The van der Waals surface area contributed by atoms with Crippen molar-refractivity contribution in [2.75, 3.05) is 55.8 Å². The summed E-state index contributed by atoms with van der Waals surface area (Å²) in [6.07, 6.45) is 5.65. The Morgan fingerprint density at radius 2 is 2.14 bits per heavy atom. The van der Waals surface area contributed by atoms with E-state index in [2.05, 4.69) is 32.0 Å². The summed E-state index contributed by atoms with van der Waals surface area (Å²) >= 11 is 6.48. The van der Waals surface area contributed by atoms with E-state index in [1.807, 2.05) is 13.0 Å². The topological polar surface area (TPSA) is 105 Å². The monoisotopic (exact) mass is 516 g/mol. The number of nitriles is 1. The van der Waals surface area contributed by atoms with E-state index in [-0.39, 0.29) is 18.3 Å². The molecule has 0 spiro atoms. The Hall–Kier alpha value is -2.38. The predicted octanol–water partition coefficient (Wildman–Crippen LogP) is 3.02. The Labute approximate surface area is 212 Å². The van der Waals surface area contributed by atoms with Crippen molar-refractivity contribution >= 4 is 38.6 Å². The van der Waals surface area contributed by atoms with Gasteiger partial charge in [0.25, 0.3) is 0 Å². The highest BCUT2D eigenvalue weighted by atomic mass is 35.5. The summed E-state index contributed by atoms with van der Waals surface area (Å²) in [6, 6.07) is 7.16. The van der Waals surface area contributed by atoms with E-state index in [9.17, 15) is 14.6 Å². The highest BCUT2D eigenvalue weighted by Crippen LogP contribution is 2.34. The summed E-state index contributed by atoms with van der Waals surface area (Å²) in [6.45, 7) is 6.85. The number of aliphatic hydroxyl groups excluding tert-OH is 1. The second kappa shape index (κ2) is 10.7. The second-order valence-electron chi connectivity index (χ2n) is 9.68.